The molecule has 1 atom stereocenters. The lowest BCUT2D eigenvalue weighted by atomic mass is 10.0. The number of nitrogens with zero attached hydrogens (tertiary/aromatic N) is 3. The summed E-state index contributed by atoms with van der Waals surface area (Å²) in [5.41, 5.74) is 3.53. The molecule has 0 aliphatic carbocycles. The third-order valence-electron chi connectivity index (χ3n) is 5.92. The lowest BCUT2D eigenvalue weighted by Crippen LogP contribution is -2.42. The van der Waals surface area contributed by atoms with Crippen LogP contribution in [-0.2, 0) is 24.2 Å². The summed E-state index contributed by atoms with van der Waals surface area (Å²) in [6, 6.07) is 19.8. The normalized spacial score (nSPS) is 12.5. The molecule has 0 radical (unpaired) electrons. The van der Waals surface area contributed by atoms with Crippen molar-refractivity contribution in [1.29, 1.82) is 0 Å². The summed E-state index contributed by atoms with van der Waals surface area (Å²) in [7, 11) is 0. The number of aryl methyl sites for hydroxylation is 1. The fourth-order valence-corrected chi connectivity index (χ4v) is 6.87. The topological polar surface area (TPSA) is 75.4 Å². The lowest BCUT2D eigenvalue weighted by Gasteiger charge is -2.33. The number of aldehydes is 1. The van der Waals surface area contributed by atoms with Crippen LogP contribution in [0.25, 0.3) is 22.5 Å². The van der Waals surface area contributed by atoms with E-state index in [0.717, 1.165) is 46.4 Å². The van der Waals surface area contributed by atoms with Crippen molar-refractivity contribution in [2.75, 3.05) is 4.31 Å². The van der Waals surface area contributed by atoms with Gasteiger partial charge in [0.15, 0.2) is 11.4 Å². The fraction of sp³-hybridized carbons (Fsp3) is 0.286. The van der Waals surface area contributed by atoms with Crippen LogP contribution in [-0.4, -0.2) is 30.1 Å². The molecule has 4 aromatic rings. The summed E-state index contributed by atoms with van der Waals surface area (Å²) in [5.74, 6) is 0.632. The Morgan fingerprint density at radius 2 is 1.78 bits per heavy atom. The molecule has 0 fully saturated rings. The van der Waals surface area contributed by atoms with Crippen LogP contribution in [0.5, 0.6) is 0 Å². The zero-order chi connectivity index (χ0) is 26.7. The number of hydrogen-bond donors (Lipinski definition) is 1. The van der Waals surface area contributed by atoms with Gasteiger partial charge in [-0.2, -0.15) is 0 Å². The van der Waals surface area contributed by atoms with Gasteiger partial charge in [0.05, 0.1) is 0 Å². The minimum Gasteiger partial charge on any atom is -0.316 e. The Kier molecular flexibility index (Phi) is 8.33. The first-order chi connectivity index (χ1) is 17.6. The number of aromatic nitrogens is 2. The van der Waals surface area contributed by atoms with Gasteiger partial charge in [-0.1, -0.05) is 79.5 Å². The van der Waals surface area contributed by atoms with E-state index < -0.39 is 16.8 Å². The van der Waals surface area contributed by atoms with Crippen LogP contribution in [0.15, 0.2) is 60.7 Å². The van der Waals surface area contributed by atoms with Crippen molar-refractivity contribution in [3.63, 3.8) is 0 Å². The van der Waals surface area contributed by atoms with Crippen molar-refractivity contribution in [2.24, 2.45) is 0 Å². The number of carbonyl (C=O) groups is 1. The van der Waals surface area contributed by atoms with E-state index in [-0.39, 0.29) is 5.15 Å². The molecule has 0 bridgehead atoms. The third-order valence-corrected chi connectivity index (χ3v) is 8.54. The second kappa shape index (κ2) is 11.3. The summed E-state index contributed by atoms with van der Waals surface area (Å²) in [4.78, 5) is 17.4. The average Bonchev–Trinajstić information content (AvgIpc) is 3.39. The quantitative estimate of drug-likeness (QED) is 0.171. The van der Waals surface area contributed by atoms with Crippen molar-refractivity contribution in [1.82, 2.24) is 9.55 Å². The first-order valence-corrected chi connectivity index (χ1v) is 14.3. The maximum Gasteiger partial charge on any atom is 0.263 e. The Balaban J connectivity index is 1.72. The molecule has 0 spiro atoms. The molecule has 194 valence electrons. The predicted octanol–water partition coefficient (Wildman–Crippen LogP) is 7.49. The summed E-state index contributed by atoms with van der Waals surface area (Å²) in [6.07, 6.45) is 2.63. The first-order valence-electron chi connectivity index (χ1n) is 12.0. The van der Waals surface area contributed by atoms with Gasteiger partial charge in [-0.05, 0) is 44.4 Å². The zero-order valence-corrected chi connectivity index (χ0v) is 23.7. The Bertz CT molecular complexity index is 1410. The second-order valence-electron chi connectivity index (χ2n) is 9.76. The molecule has 4 rings (SSSR count). The highest BCUT2D eigenvalue weighted by molar-refractivity contribution is 7.81. The smallest absolute Gasteiger partial charge is 0.263 e. The van der Waals surface area contributed by atoms with Gasteiger partial charge in [0, 0.05) is 28.1 Å². The van der Waals surface area contributed by atoms with Crippen molar-refractivity contribution >= 4 is 45.5 Å². The molecule has 1 unspecified atom stereocenters. The van der Waals surface area contributed by atoms with Crippen molar-refractivity contribution in [3.8, 4) is 22.5 Å². The van der Waals surface area contributed by atoms with Gasteiger partial charge < -0.3 is 4.57 Å². The Morgan fingerprint density at radius 3 is 2.35 bits per heavy atom. The third kappa shape index (κ3) is 5.88. The fourth-order valence-electron chi connectivity index (χ4n) is 4.26. The molecule has 37 heavy (non-hydrogen) atoms. The van der Waals surface area contributed by atoms with Crippen molar-refractivity contribution in [3.05, 3.63) is 82.0 Å². The van der Waals surface area contributed by atoms with Crippen LogP contribution >= 0.6 is 22.9 Å². The van der Waals surface area contributed by atoms with E-state index >= 15 is 0 Å². The van der Waals surface area contributed by atoms with E-state index in [1.165, 1.54) is 4.88 Å². The van der Waals surface area contributed by atoms with E-state index in [0.29, 0.717) is 18.1 Å². The number of imidazole rings is 1. The molecule has 6 nitrogen and oxygen atoms in total. The molecule has 2 aromatic carbocycles. The van der Waals surface area contributed by atoms with Gasteiger partial charge in [-0.15, -0.1) is 11.3 Å². The van der Waals surface area contributed by atoms with Gasteiger partial charge in [0.1, 0.15) is 16.5 Å². The standard InChI is InChI=1S/C28H30ClN3O3S2/c1-5-9-22-16-23(27(36-22)32(37(34)35)28(2,3)4)20-14-12-19(13-15-20)17-31-24(18-33)25(29)30-26(31)21-10-7-6-8-11-21/h6-8,10-16,18H,5,9,17H2,1-4H3,(H,34,35). The lowest BCUT2D eigenvalue weighted by molar-refractivity contribution is 0.111. The second-order valence-corrected chi connectivity index (χ2v) is 12.1. The number of rotatable bonds is 9. The Hall–Kier alpha value is -2.78. The minimum absolute atomic E-state index is 0.177. The molecule has 0 saturated carbocycles. The largest absolute Gasteiger partial charge is 0.316 e. The summed E-state index contributed by atoms with van der Waals surface area (Å²) in [6.45, 7) is 8.33. The van der Waals surface area contributed by atoms with Gasteiger partial charge in [-0.3, -0.25) is 13.7 Å². The van der Waals surface area contributed by atoms with Crippen LogP contribution in [0.1, 0.15) is 55.0 Å². The summed E-state index contributed by atoms with van der Waals surface area (Å²) < 4.78 is 25.9. The van der Waals surface area contributed by atoms with Crippen LogP contribution < -0.4 is 4.31 Å². The van der Waals surface area contributed by atoms with Gasteiger partial charge in [0.2, 0.25) is 0 Å². The molecular formula is C28H30ClN3O3S2. The van der Waals surface area contributed by atoms with Crippen molar-refractivity contribution in [2.45, 2.75) is 52.6 Å². The Labute approximate surface area is 229 Å². The molecule has 0 amide bonds. The monoisotopic (exact) mass is 555 g/mol. The number of anilines is 1. The average molecular weight is 556 g/mol. The highest BCUT2D eigenvalue weighted by atomic mass is 35.5. The number of carbonyl (C=O) groups excluding carboxylic acids is 1. The molecule has 2 heterocycles. The van der Waals surface area contributed by atoms with Crippen LogP contribution in [0.3, 0.4) is 0 Å². The highest BCUT2D eigenvalue weighted by Crippen LogP contribution is 2.43. The van der Waals surface area contributed by atoms with E-state index in [1.54, 1.807) is 15.6 Å². The predicted molar refractivity (Wildman–Crippen MR) is 154 cm³/mol. The first kappa shape index (κ1) is 27.3. The van der Waals surface area contributed by atoms with Crippen LogP contribution in [0.4, 0.5) is 5.00 Å². The van der Waals surface area contributed by atoms with Crippen LogP contribution in [0.2, 0.25) is 5.15 Å². The Morgan fingerprint density at radius 1 is 1.11 bits per heavy atom. The SMILES string of the molecule is CCCc1cc(-c2ccc(Cn3c(-c4ccccc4)nc(Cl)c3C=O)cc2)c(N(S(=O)O)C(C)(C)C)s1. The van der Waals surface area contributed by atoms with Crippen molar-refractivity contribution < 1.29 is 13.6 Å². The maximum atomic E-state index is 12.4. The summed E-state index contributed by atoms with van der Waals surface area (Å²) in [5, 5.41) is 0.955. The summed E-state index contributed by atoms with van der Waals surface area (Å²) >= 11 is 5.70. The maximum absolute atomic E-state index is 12.4. The van der Waals surface area contributed by atoms with Gasteiger partial charge >= 0.3 is 0 Å². The molecule has 0 aliphatic rings. The van der Waals surface area contributed by atoms with Gasteiger partial charge in [0.25, 0.3) is 11.3 Å². The minimum atomic E-state index is -2.16. The number of hydrogen-bond acceptors (Lipinski definition) is 4. The van der Waals surface area contributed by atoms with E-state index in [9.17, 15) is 13.6 Å². The molecule has 9 heteroatoms. The molecule has 0 aliphatic heterocycles. The number of benzene rings is 2. The number of thiophene rings is 1. The molecule has 0 saturated heterocycles. The van der Waals surface area contributed by atoms with Crippen LogP contribution in [0, 0.1) is 0 Å². The number of halogens is 1. The molecule has 2 aromatic heterocycles. The van der Waals surface area contributed by atoms with Gasteiger partial charge in [-0.25, -0.2) is 9.19 Å². The zero-order valence-electron chi connectivity index (χ0n) is 21.3. The molecular weight excluding hydrogens is 526 g/mol. The highest BCUT2D eigenvalue weighted by Gasteiger charge is 2.31. The van der Waals surface area contributed by atoms with E-state index in [4.69, 9.17) is 11.6 Å². The molecule has 1 N–H and O–H groups in total. The van der Waals surface area contributed by atoms with E-state index in [1.807, 2.05) is 79.9 Å². The van der Waals surface area contributed by atoms with E-state index in [2.05, 4.69) is 18.0 Å².